The van der Waals surface area contributed by atoms with E-state index in [9.17, 15) is 4.39 Å². The van der Waals surface area contributed by atoms with Gasteiger partial charge in [-0.15, -0.1) is 0 Å². The Labute approximate surface area is 230 Å². The molecule has 0 spiro atoms. The average molecular weight is 524 g/mol. The first-order chi connectivity index (χ1) is 18.8. The summed E-state index contributed by atoms with van der Waals surface area (Å²) in [6.07, 6.45) is 1.94. The van der Waals surface area contributed by atoms with E-state index in [1.54, 1.807) is 12.1 Å². The van der Waals surface area contributed by atoms with Crippen molar-refractivity contribution in [3.63, 3.8) is 0 Å². The van der Waals surface area contributed by atoms with Crippen LogP contribution in [-0.2, 0) is 0 Å². The van der Waals surface area contributed by atoms with Gasteiger partial charge in [0.25, 0.3) is 0 Å². The summed E-state index contributed by atoms with van der Waals surface area (Å²) in [7, 11) is -1.29. The van der Waals surface area contributed by atoms with E-state index in [0.29, 0.717) is 0 Å². The SMILES string of the molecule is C[Si](C)(C)c1ccc(-c2ccc(-c3ccc4cc(-c5ccc(-c6ccc(F)cc6)cc5)cnc4c3)cc2)cc1. The van der Waals surface area contributed by atoms with Gasteiger partial charge >= 0.3 is 0 Å². The van der Waals surface area contributed by atoms with Crippen LogP contribution in [0.5, 0.6) is 0 Å². The van der Waals surface area contributed by atoms with E-state index in [1.165, 1.54) is 34.0 Å². The minimum atomic E-state index is -1.29. The zero-order valence-corrected chi connectivity index (χ0v) is 23.4. The monoisotopic (exact) mass is 523 g/mol. The van der Waals surface area contributed by atoms with E-state index in [4.69, 9.17) is 4.98 Å². The van der Waals surface area contributed by atoms with Gasteiger partial charge in [-0.1, -0.05) is 122 Å². The Morgan fingerprint density at radius 3 is 1.38 bits per heavy atom. The van der Waals surface area contributed by atoms with Gasteiger partial charge in [-0.2, -0.15) is 0 Å². The summed E-state index contributed by atoms with van der Waals surface area (Å²) in [6, 6.07) is 41.5. The van der Waals surface area contributed by atoms with E-state index < -0.39 is 8.07 Å². The fourth-order valence-electron chi connectivity index (χ4n) is 4.97. The Morgan fingerprint density at radius 2 is 0.872 bits per heavy atom. The highest BCUT2D eigenvalue weighted by Gasteiger charge is 2.15. The van der Waals surface area contributed by atoms with Crippen molar-refractivity contribution >= 4 is 24.2 Å². The van der Waals surface area contributed by atoms with E-state index in [1.807, 2.05) is 6.20 Å². The number of halogens is 1. The van der Waals surface area contributed by atoms with Crippen LogP contribution in [0.15, 0.2) is 128 Å². The third-order valence-corrected chi connectivity index (χ3v) is 9.45. The molecule has 0 saturated carbocycles. The fraction of sp³-hybridized carbons (Fsp3) is 0.0833. The third-order valence-electron chi connectivity index (χ3n) is 7.38. The molecule has 0 aliphatic heterocycles. The number of pyridine rings is 1. The molecule has 0 fully saturated rings. The molecule has 1 nitrogen and oxygen atoms in total. The number of nitrogens with zero attached hydrogens (tertiary/aromatic N) is 1. The summed E-state index contributed by atoms with van der Waals surface area (Å²) in [5, 5.41) is 2.59. The second-order valence-electron chi connectivity index (χ2n) is 11.1. The van der Waals surface area contributed by atoms with Crippen LogP contribution in [0.2, 0.25) is 19.6 Å². The largest absolute Gasteiger partial charge is 0.256 e. The highest BCUT2D eigenvalue weighted by atomic mass is 28.3. The van der Waals surface area contributed by atoms with Gasteiger partial charge < -0.3 is 0 Å². The lowest BCUT2D eigenvalue weighted by molar-refractivity contribution is 0.628. The number of aromatic nitrogens is 1. The Kier molecular flexibility index (Phi) is 6.46. The molecular formula is C36H30FNSi. The highest BCUT2D eigenvalue weighted by molar-refractivity contribution is 6.88. The molecule has 6 rings (SSSR count). The highest BCUT2D eigenvalue weighted by Crippen LogP contribution is 2.30. The van der Waals surface area contributed by atoms with Crippen LogP contribution in [0, 0.1) is 5.82 Å². The number of fused-ring (bicyclic) bond motifs is 1. The van der Waals surface area contributed by atoms with Gasteiger partial charge in [-0.25, -0.2) is 4.39 Å². The molecule has 0 bridgehead atoms. The molecule has 0 radical (unpaired) electrons. The van der Waals surface area contributed by atoms with Crippen LogP contribution < -0.4 is 5.19 Å². The van der Waals surface area contributed by atoms with E-state index in [0.717, 1.165) is 38.7 Å². The van der Waals surface area contributed by atoms with Gasteiger partial charge in [-0.05, 0) is 63.2 Å². The molecule has 0 N–H and O–H groups in total. The maximum atomic E-state index is 13.3. The van der Waals surface area contributed by atoms with E-state index >= 15 is 0 Å². The van der Waals surface area contributed by atoms with E-state index in [2.05, 4.69) is 117 Å². The van der Waals surface area contributed by atoms with Gasteiger partial charge in [0.15, 0.2) is 0 Å². The van der Waals surface area contributed by atoms with Gasteiger partial charge in [0, 0.05) is 17.1 Å². The smallest absolute Gasteiger partial charge is 0.123 e. The van der Waals surface area contributed by atoms with Crippen LogP contribution in [0.4, 0.5) is 4.39 Å². The maximum absolute atomic E-state index is 13.3. The van der Waals surface area contributed by atoms with Crippen molar-refractivity contribution in [1.82, 2.24) is 4.98 Å². The van der Waals surface area contributed by atoms with Crippen LogP contribution in [0.1, 0.15) is 0 Å². The molecule has 190 valence electrons. The van der Waals surface area contributed by atoms with Crippen LogP contribution >= 0.6 is 0 Å². The van der Waals surface area contributed by atoms with Crippen molar-refractivity contribution in [2.24, 2.45) is 0 Å². The molecule has 0 aliphatic carbocycles. The molecule has 0 amide bonds. The first-order valence-corrected chi connectivity index (χ1v) is 16.8. The first kappa shape index (κ1) is 25.0. The number of benzene rings is 5. The van der Waals surface area contributed by atoms with Crippen molar-refractivity contribution in [2.75, 3.05) is 0 Å². The minimum Gasteiger partial charge on any atom is -0.256 e. The molecule has 1 aromatic heterocycles. The summed E-state index contributed by atoms with van der Waals surface area (Å²) in [4.78, 5) is 4.79. The molecule has 0 aliphatic rings. The molecule has 1 heterocycles. The lowest BCUT2D eigenvalue weighted by atomic mass is 9.98. The van der Waals surface area contributed by atoms with Gasteiger partial charge in [-0.3, -0.25) is 4.98 Å². The molecule has 39 heavy (non-hydrogen) atoms. The average Bonchev–Trinajstić information content (AvgIpc) is 2.97. The predicted molar refractivity (Wildman–Crippen MR) is 166 cm³/mol. The minimum absolute atomic E-state index is 0.221. The Morgan fingerprint density at radius 1 is 0.462 bits per heavy atom. The fourth-order valence-corrected chi connectivity index (χ4v) is 6.14. The second kappa shape index (κ2) is 10.1. The first-order valence-electron chi connectivity index (χ1n) is 13.3. The van der Waals surface area contributed by atoms with Crippen LogP contribution in [-0.4, -0.2) is 13.1 Å². The second-order valence-corrected chi connectivity index (χ2v) is 16.2. The zero-order valence-electron chi connectivity index (χ0n) is 22.4. The zero-order chi connectivity index (χ0) is 27.0. The van der Waals surface area contributed by atoms with Crippen molar-refractivity contribution in [2.45, 2.75) is 19.6 Å². The summed E-state index contributed by atoms with van der Waals surface area (Å²) in [5.41, 5.74) is 10.0. The van der Waals surface area contributed by atoms with Crippen molar-refractivity contribution in [1.29, 1.82) is 0 Å². The van der Waals surface area contributed by atoms with Crippen LogP contribution in [0.3, 0.4) is 0 Å². The quantitative estimate of drug-likeness (QED) is 0.205. The number of hydrogen-bond donors (Lipinski definition) is 0. The number of rotatable bonds is 5. The summed E-state index contributed by atoms with van der Waals surface area (Å²) in [5.74, 6) is -0.221. The lowest BCUT2D eigenvalue weighted by Crippen LogP contribution is -2.37. The Balaban J connectivity index is 1.22. The lowest BCUT2D eigenvalue weighted by Gasteiger charge is -2.16. The van der Waals surface area contributed by atoms with Crippen molar-refractivity contribution in [3.8, 4) is 44.5 Å². The third kappa shape index (κ3) is 5.32. The van der Waals surface area contributed by atoms with Gasteiger partial charge in [0.2, 0.25) is 0 Å². The standard InChI is InChI=1S/C36H30FNSi/c1-39(2,3)35-20-16-28(17-21-35)26-4-8-29(9-5-26)31-12-13-32-22-33(24-38-36(32)23-31)30-10-6-25(7-11-30)27-14-18-34(37)19-15-27/h4-24H,1-3H3. The topological polar surface area (TPSA) is 12.9 Å². The Hall–Kier alpha value is -4.34. The van der Waals surface area contributed by atoms with Crippen molar-refractivity contribution < 1.29 is 4.39 Å². The molecule has 0 atom stereocenters. The summed E-state index contributed by atoms with van der Waals surface area (Å²) >= 11 is 0. The molecule has 5 aromatic carbocycles. The summed E-state index contributed by atoms with van der Waals surface area (Å²) < 4.78 is 13.3. The maximum Gasteiger partial charge on any atom is 0.123 e. The normalized spacial score (nSPS) is 11.6. The molecule has 6 aromatic rings. The van der Waals surface area contributed by atoms with Gasteiger partial charge in [0.05, 0.1) is 13.6 Å². The molecule has 3 heteroatoms. The molecule has 0 saturated heterocycles. The van der Waals surface area contributed by atoms with E-state index in [-0.39, 0.29) is 5.82 Å². The Bertz CT molecular complexity index is 1750. The molecular weight excluding hydrogens is 493 g/mol. The van der Waals surface area contributed by atoms with Gasteiger partial charge in [0.1, 0.15) is 5.82 Å². The van der Waals surface area contributed by atoms with Crippen molar-refractivity contribution in [3.05, 3.63) is 133 Å². The predicted octanol–water partition coefficient (Wildman–Crippen LogP) is 9.59. The van der Waals surface area contributed by atoms with Crippen LogP contribution in [0.25, 0.3) is 55.4 Å². The summed E-state index contributed by atoms with van der Waals surface area (Å²) in [6.45, 7) is 7.14. The molecule has 0 unspecified atom stereocenters. The number of hydrogen-bond acceptors (Lipinski definition) is 1.